The van der Waals surface area contributed by atoms with Crippen molar-refractivity contribution in [3.05, 3.63) is 0 Å². The summed E-state index contributed by atoms with van der Waals surface area (Å²) in [6.07, 6.45) is 3.80. The van der Waals surface area contributed by atoms with Crippen molar-refractivity contribution >= 4 is 5.97 Å². The molecule has 1 rings (SSSR count). The molecule has 1 atom stereocenters. The van der Waals surface area contributed by atoms with E-state index in [9.17, 15) is 4.79 Å². The molecule has 4 heteroatoms. The molecule has 0 saturated carbocycles. The minimum atomic E-state index is -0.749. The number of rotatable bonds is 4. The van der Waals surface area contributed by atoms with Crippen LogP contribution in [-0.2, 0) is 4.79 Å². The van der Waals surface area contributed by atoms with E-state index in [1.54, 1.807) is 0 Å². The first kappa shape index (κ1) is 10.5. The van der Waals surface area contributed by atoms with Gasteiger partial charge in [-0.2, -0.15) is 0 Å². The highest BCUT2D eigenvalue weighted by Crippen LogP contribution is 2.13. The zero-order valence-electron chi connectivity index (χ0n) is 7.91. The molecule has 13 heavy (non-hydrogen) atoms. The highest BCUT2D eigenvalue weighted by molar-refractivity contribution is 5.67. The van der Waals surface area contributed by atoms with Crippen LogP contribution < -0.4 is 5.73 Å². The second kappa shape index (κ2) is 5.19. The van der Waals surface area contributed by atoms with Crippen LogP contribution in [0.4, 0.5) is 0 Å². The Labute approximate surface area is 78.7 Å². The summed E-state index contributed by atoms with van der Waals surface area (Å²) in [6.45, 7) is 2.47. The summed E-state index contributed by atoms with van der Waals surface area (Å²) in [5.41, 5.74) is 5.55. The number of carboxylic acid groups (broad SMARTS) is 1. The van der Waals surface area contributed by atoms with Gasteiger partial charge in [0, 0.05) is 12.6 Å². The molecule has 4 nitrogen and oxygen atoms in total. The largest absolute Gasteiger partial charge is 0.481 e. The number of hydrogen-bond donors (Lipinski definition) is 2. The zero-order chi connectivity index (χ0) is 9.68. The second-order valence-corrected chi connectivity index (χ2v) is 3.58. The third kappa shape index (κ3) is 3.32. The van der Waals surface area contributed by atoms with Crippen molar-refractivity contribution < 1.29 is 9.90 Å². The smallest absolute Gasteiger partial charge is 0.304 e. The molecular formula is C9H18N2O2. The van der Waals surface area contributed by atoms with Crippen molar-refractivity contribution in [1.82, 2.24) is 4.90 Å². The van der Waals surface area contributed by atoms with E-state index in [4.69, 9.17) is 10.8 Å². The predicted octanol–water partition coefficient (Wildman–Crippen LogP) is 0.274. The Balaban J connectivity index is 2.39. The van der Waals surface area contributed by atoms with E-state index in [0.29, 0.717) is 6.54 Å². The number of aliphatic carboxylic acids is 1. The number of hydrogen-bond acceptors (Lipinski definition) is 3. The average molecular weight is 186 g/mol. The number of carbonyl (C=O) groups is 1. The maximum Gasteiger partial charge on any atom is 0.304 e. The standard InChI is InChI=1S/C9H18N2O2/c10-7-8(6-9(12)13)11-4-2-1-3-5-11/h8H,1-7,10H2,(H,12,13). The number of piperidine rings is 1. The van der Waals surface area contributed by atoms with Crippen LogP contribution in [0.2, 0.25) is 0 Å². The third-order valence-corrected chi connectivity index (χ3v) is 2.59. The maximum absolute atomic E-state index is 10.5. The molecular weight excluding hydrogens is 168 g/mol. The van der Waals surface area contributed by atoms with Crippen LogP contribution in [-0.4, -0.2) is 41.7 Å². The molecule has 0 bridgehead atoms. The van der Waals surface area contributed by atoms with Crippen molar-refractivity contribution in [1.29, 1.82) is 0 Å². The fraction of sp³-hybridized carbons (Fsp3) is 0.889. The van der Waals surface area contributed by atoms with Crippen LogP contribution in [0.1, 0.15) is 25.7 Å². The van der Waals surface area contributed by atoms with E-state index in [-0.39, 0.29) is 12.5 Å². The molecule has 0 aromatic carbocycles. The Bertz CT molecular complexity index is 167. The van der Waals surface area contributed by atoms with Gasteiger partial charge in [0.15, 0.2) is 0 Å². The van der Waals surface area contributed by atoms with Gasteiger partial charge in [0.1, 0.15) is 0 Å². The summed E-state index contributed by atoms with van der Waals surface area (Å²) >= 11 is 0. The Hall–Kier alpha value is -0.610. The number of likely N-dealkylation sites (tertiary alicyclic amines) is 1. The van der Waals surface area contributed by atoms with Crippen LogP contribution in [0.3, 0.4) is 0 Å². The predicted molar refractivity (Wildman–Crippen MR) is 50.5 cm³/mol. The van der Waals surface area contributed by atoms with Gasteiger partial charge in [-0.3, -0.25) is 9.69 Å². The first-order valence-corrected chi connectivity index (χ1v) is 4.90. The molecule has 0 amide bonds. The second-order valence-electron chi connectivity index (χ2n) is 3.58. The lowest BCUT2D eigenvalue weighted by Crippen LogP contribution is -2.44. The topological polar surface area (TPSA) is 66.6 Å². The summed E-state index contributed by atoms with van der Waals surface area (Å²) < 4.78 is 0. The lowest BCUT2D eigenvalue weighted by Gasteiger charge is -2.32. The molecule has 0 aliphatic carbocycles. The molecule has 0 aromatic heterocycles. The van der Waals surface area contributed by atoms with Crippen molar-refractivity contribution in [2.75, 3.05) is 19.6 Å². The van der Waals surface area contributed by atoms with Gasteiger partial charge in [0.05, 0.1) is 6.42 Å². The van der Waals surface area contributed by atoms with Gasteiger partial charge < -0.3 is 10.8 Å². The minimum absolute atomic E-state index is 0.0396. The fourth-order valence-corrected chi connectivity index (χ4v) is 1.85. The first-order chi connectivity index (χ1) is 6.24. The van der Waals surface area contributed by atoms with Gasteiger partial charge in [-0.25, -0.2) is 0 Å². The number of nitrogens with two attached hydrogens (primary N) is 1. The average Bonchev–Trinajstić information content (AvgIpc) is 2.15. The molecule has 1 aliphatic rings. The van der Waals surface area contributed by atoms with E-state index in [1.807, 2.05) is 0 Å². The van der Waals surface area contributed by atoms with Gasteiger partial charge in [-0.05, 0) is 25.9 Å². The molecule has 1 unspecified atom stereocenters. The van der Waals surface area contributed by atoms with Gasteiger partial charge in [0.2, 0.25) is 0 Å². The van der Waals surface area contributed by atoms with E-state index < -0.39 is 5.97 Å². The molecule has 1 saturated heterocycles. The van der Waals surface area contributed by atoms with Crippen LogP contribution in [0.15, 0.2) is 0 Å². The van der Waals surface area contributed by atoms with Crippen molar-refractivity contribution in [3.63, 3.8) is 0 Å². The zero-order valence-corrected chi connectivity index (χ0v) is 7.91. The molecule has 76 valence electrons. The van der Waals surface area contributed by atoms with Gasteiger partial charge in [-0.1, -0.05) is 6.42 Å². The normalized spacial score (nSPS) is 21.3. The summed E-state index contributed by atoms with van der Waals surface area (Å²) in [5.74, 6) is -0.749. The molecule has 0 aromatic rings. The van der Waals surface area contributed by atoms with Gasteiger partial charge in [-0.15, -0.1) is 0 Å². The Morgan fingerprint density at radius 2 is 2.00 bits per heavy atom. The van der Waals surface area contributed by atoms with Crippen LogP contribution in [0, 0.1) is 0 Å². The van der Waals surface area contributed by atoms with Crippen LogP contribution in [0.5, 0.6) is 0 Å². The van der Waals surface area contributed by atoms with Crippen molar-refractivity contribution in [3.8, 4) is 0 Å². The summed E-state index contributed by atoms with van der Waals surface area (Å²) in [6, 6.07) is 0.0396. The van der Waals surface area contributed by atoms with Crippen LogP contribution in [0.25, 0.3) is 0 Å². The van der Waals surface area contributed by atoms with Crippen molar-refractivity contribution in [2.24, 2.45) is 5.73 Å². The summed E-state index contributed by atoms with van der Waals surface area (Å²) in [5, 5.41) is 8.66. The Kier molecular flexibility index (Phi) is 4.18. The third-order valence-electron chi connectivity index (χ3n) is 2.59. The van der Waals surface area contributed by atoms with Crippen LogP contribution >= 0.6 is 0 Å². The lowest BCUT2D eigenvalue weighted by atomic mass is 10.1. The fourth-order valence-electron chi connectivity index (χ4n) is 1.85. The minimum Gasteiger partial charge on any atom is -0.481 e. The maximum atomic E-state index is 10.5. The first-order valence-electron chi connectivity index (χ1n) is 4.90. The number of carboxylic acids is 1. The summed E-state index contributed by atoms with van der Waals surface area (Å²) in [4.78, 5) is 12.7. The van der Waals surface area contributed by atoms with Gasteiger partial charge in [0.25, 0.3) is 0 Å². The molecule has 3 N–H and O–H groups in total. The Morgan fingerprint density at radius 3 is 2.46 bits per heavy atom. The highest BCUT2D eigenvalue weighted by Gasteiger charge is 2.21. The Morgan fingerprint density at radius 1 is 1.38 bits per heavy atom. The molecule has 0 spiro atoms. The quantitative estimate of drug-likeness (QED) is 0.661. The SMILES string of the molecule is NCC(CC(=O)O)N1CCCCC1. The lowest BCUT2D eigenvalue weighted by molar-refractivity contribution is -0.138. The van der Waals surface area contributed by atoms with Gasteiger partial charge >= 0.3 is 5.97 Å². The van der Waals surface area contributed by atoms with Crippen molar-refractivity contribution in [2.45, 2.75) is 31.7 Å². The monoisotopic (exact) mass is 186 g/mol. The molecule has 1 heterocycles. The molecule has 0 radical (unpaired) electrons. The van der Waals surface area contributed by atoms with E-state index in [1.165, 1.54) is 19.3 Å². The highest BCUT2D eigenvalue weighted by atomic mass is 16.4. The van der Waals surface area contributed by atoms with E-state index in [0.717, 1.165) is 13.1 Å². The number of nitrogens with zero attached hydrogens (tertiary/aromatic N) is 1. The van der Waals surface area contributed by atoms with E-state index in [2.05, 4.69) is 4.90 Å². The van der Waals surface area contributed by atoms with E-state index >= 15 is 0 Å². The molecule has 1 fully saturated rings. The molecule has 1 aliphatic heterocycles. The summed E-state index contributed by atoms with van der Waals surface area (Å²) in [7, 11) is 0.